The molecule has 0 aromatic carbocycles. The normalized spacial score (nSPS) is 25.9. The van der Waals surface area contributed by atoms with Crippen LogP contribution in [0.4, 0.5) is 0 Å². The molecule has 1 aliphatic rings. The van der Waals surface area contributed by atoms with Crippen LogP contribution in [-0.2, 0) is 9.47 Å². The van der Waals surface area contributed by atoms with Crippen LogP contribution >= 0.6 is 0 Å². The van der Waals surface area contributed by atoms with E-state index in [0.29, 0.717) is 6.61 Å². The fourth-order valence-electron chi connectivity index (χ4n) is 1.98. The molecule has 3 heteroatoms. The second kappa shape index (κ2) is 8.97. The zero-order chi connectivity index (χ0) is 11.6. The fraction of sp³-hybridized carbons (Fsp3) is 1.00. The van der Waals surface area contributed by atoms with E-state index in [-0.39, 0.29) is 6.29 Å². The van der Waals surface area contributed by atoms with E-state index in [1.165, 1.54) is 32.1 Å². The summed E-state index contributed by atoms with van der Waals surface area (Å²) in [7, 11) is 0. The molecule has 16 heavy (non-hydrogen) atoms. The van der Waals surface area contributed by atoms with Crippen molar-refractivity contribution in [1.82, 2.24) is 0 Å². The van der Waals surface area contributed by atoms with Gasteiger partial charge in [0.15, 0.2) is 6.29 Å². The highest BCUT2D eigenvalue weighted by atomic mass is 16.7. The first kappa shape index (κ1) is 13.9. The lowest BCUT2D eigenvalue weighted by Gasteiger charge is -2.27. The van der Waals surface area contributed by atoms with Crippen LogP contribution in [0.5, 0.6) is 0 Å². The number of ether oxygens (including phenoxy) is 2. The van der Waals surface area contributed by atoms with Crippen LogP contribution in [0.1, 0.15) is 58.3 Å². The molecule has 0 aromatic heterocycles. The van der Waals surface area contributed by atoms with Crippen molar-refractivity contribution in [2.45, 2.75) is 70.7 Å². The first-order valence-electron chi connectivity index (χ1n) is 6.76. The minimum absolute atomic E-state index is 0.371. The summed E-state index contributed by atoms with van der Waals surface area (Å²) in [4.78, 5) is 0. The maximum Gasteiger partial charge on any atom is 0.183 e. The van der Waals surface area contributed by atoms with Crippen molar-refractivity contribution in [1.29, 1.82) is 0 Å². The molecular formula is C13H26O3. The maximum absolute atomic E-state index is 9.59. The van der Waals surface area contributed by atoms with E-state index < -0.39 is 6.10 Å². The topological polar surface area (TPSA) is 38.7 Å². The first-order valence-corrected chi connectivity index (χ1v) is 6.76. The van der Waals surface area contributed by atoms with Gasteiger partial charge in [0.2, 0.25) is 0 Å². The number of rotatable bonds is 8. The summed E-state index contributed by atoms with van der Waals surface area (Å²) in [6.07, 6.45) is 8.52. The van der Waals surface area contributed by atoms with Crippen molar-refractivity contribution < 1.29 is 14.6 Å². The van der Waals surface area contributed by atoms with Gasteiger partial charge in [-0.15, -0.1) is 0 Å². The van der Waals surface area contributed by atoms with Crippen molar-refractivity contribution in [3.8, 4) is 0 Å². The summed E-state index contributed by atoms with van der Waals surface area (Å²) in [6, 6.07) is 0. The van der Waals surface area contributed by atoms with Gasteiger partial charge < -0.3 is 14.6 Å². The Kier molecular flexibility index (Phi) is 7.81. The average Bonchev–Trinajstić information content (AvgIpc) is 2.30. The SMILES string of the molecule is CCCCCCCCO[C@@H]1OCCC[C@H]1O. The van der Waals surface area contributed by atoms with Gasteiger partial charge in [0.25, 0.3) is 0 Å². The summed E-state index contributed by atoms with van der Waals surface area (Å²) in [6.45, 7) is 3.66. The molecule has 1 fully saturated rings. The summed E-state index contributed by atoms with van der Waals surface area (Å²) < 4.78 is 10.9. The average molecular weight is 230 g/mol. The second-order valence-electron chi connectivity index (χ2n) is 4.59. The van der Waals surface area contributed by atoms with E-state index in [2.05, 4.69) is 6.92 Å². The fourth-order valence-corrected chi connectivity index (χ4v) is 1.98. The molecular weight excluding hydrogens is 204 g/mol. The molecule has 0 unspecified atom stereocenters. The third kappa shape index (κ3) is 5.83. The third-order valence-corrected chi connectivity index (χ3v) is 3.02. The molecule has 0 spiro atoms. The lowest BCUT2D eigenvalue weighted by molar-refractivity contribution is -0.214. The molecule has 3 nitrogen and oxygen atoms in total. The van der Waals surface area contributed by atoms with Crippen molar-refractivity contribution in [2.75, 3.05) is 13.2 Å². The van der Waals surface area contributed by atoms with Gasteiger partial charge in [0.05, 0.1) is 0 Å². The summed E-state index contributed by atoms with van der Waals surface area (Å²) in [5.74, 6) is 0. The molecule has 0 radical (unpaired) electrons. The molecule has 1 rings (SSSR count). The van der Waals surface area contributed by atoms with E-state index in [0.717, 1.165) is 25.9 Å². The van der Waals surface area contributed by atoms with Gasteiger partial charge in [0.1, 0.15) is 6.10 Å². The van der Waals surface area contributed by atoms with Gasteiger partial charge in [-0.05, 0) is 19.3 Å². The first-order chi connectivity index (χ1) is 7.84. The van der Waals surface area contributed by atoms with Crippen LogP contribution < -0.4 is 0 Å². The molecule has 1 heterocycles. The van der Waals surface area contributed by atoms with Gasteiger partial charge >= 0.3 is 0 Å². The number of aliphatic hydroxyl groups excluding tert-OH is 1. The number of hydrogen-bond acceptors (Lipinski definition) is 3. The minimum atomic E-state index is -0.422. The summed E-state index contributed by atoms with van der Waals surface area (Å²) >= 11 is 0. The van der Waals surface area contributed by atoms with E-state index in [1.807, 2.05) is 0 Å². The monoisotopic (exact) mass is 230 g/mol. The molecule has 1 saturated heterocycles. The van der Waals surface area contributed by atoms with Crippen LogP contribution in [0.25, 0.3) is 0 Å². The summed E-state index contributed by atoms with van der Waals surface area (Å²) in [5.41, 5.74) is 0. The van der Waals surface area contributed by atoms with Gasteiger partial charge in [-0.2, -0.15) is 0 Å². The molecule has 1 aliphatic heterocycles. The van der Waals surface area contributed by atoms with Crippen LogP contribution in [0.3, 0.4) is 0 Å². The zero-order valence-corrected chi connectivity index (χ0v) is 10.5. The molecule has 96 valence electrons. The number of unbranched alkanes of at least 4 members (excludes halogenated alkanes) is 5. The third-order valence-electron chi connectivity index (χ3n) is 3.02. The predicted molar refractivity (Wildman–Crippen MR) is 64.3 cm³/mol. The van der Waals surface area contributed by atoms with E-state index in [4.69, 9.17) is 9.47 Å². The van der Waals surface area contributed by atoms with Crippen LogP contribution in [0, 0.1) is 0 Å². The Balaban J connectivity index is 1.90. The highest BCUT2D eigenvalue weighted by molar-refractivity contribution is 4.65. The van der Waals surface area contributed by atoms with Crippen LogP contribution in [0.15, 0.2) is 0 Å². The summed E-state index contributed by atoms with van der Waals surface area (Å²) in [5, 5.41) is 9.59. The molecule has 0 aromatic rings. The van der Waals surface area contributed by atoms with Gasteiger partial charge in [-0.1, -0.05) is 39.0 Å². The van der Waals surface area contributed by atoms with E-state index in [1.54, 1.807) is 0 Å². The molecule has 0 saturated carbocycles. The van der Waals surface area contributed by atoms with Crippen molar-refractivity contribution in [2.24, 2.45) is 0 Å². The van der Waals surface area contributed by atoms with Crippen molar-refractivity contribution >= 4 is 0 Å². The lowest BCUT2D eigenvalue weighted by Crippen LogP contribution is -2.36. The Bertz CT molecular complexity index is 161. The Morgan fingerprint density at radius 2 is 1.94 bits per heavy atom. The minimum Gasteiger partial charge on any atom is -0.388 e. The zero-order valence-electron chi connectivity index (χ0n) is 10.5. The van der Waals surface area contributed by atoms with Crippen molar-refractivity contribution in [3.05, 3.63) is 0 Å². The highest BCUT2D eigenvalue weighted by Gasteiger charge is 2.23. The van der Waals surface area contributed by atoms with Crippen LogP contribution in [0.2, 0.25) is 0 Å². The standard InChI is InChI=1S/C13H26O3/c1-2-3-4-5-6-7-10-15-13-12(14)9-8-11-16-13/h12-14H,2-11H2,1H3/t12-,13-/m1/s1. The van der Waals surface area contributed by atoms with Crippen LogP contribution in [-0.4, -0.2) is 30.7 Å². The highest BCUT2D eigenvalue weighted by Crippen LogP contribution is 2.15. The molecule has 2 atom stereocenters. The Labute approximate surface area is 99.1 Å². The largest absolute Gasteiger partial charge is 0.388 e. The van der Waals surface area contributed by atoms with Gasteiger partial charge in [-0.25, -0.2) is 0 Å². The quantitative estimate of drug-likeness (QED) is 0.652. The molecule has 0 aliphatic carbocycles. The Morgan fingerprint density at radius 3 is 2.69 bits per heavy atom. The number of aliphatic hydroxyl groups is 1. The molecule has 1 N–H and O–H groups in total. The molecule has 0 amide bonds. The van der Waals surface area contributed by atoms with E-state index in [9.17, 15) is 5.11 Å². The number of hydrogen-bond donors (Lipinski definition) is 1. The van der Waals surface area contributed by atoms with Crippen molar-refractivity contribution in [3.63, 3.8) is 0 Å². The Hall–Kier alpha value is -0.120. The second-order valence-corrected chi connectivity index (χ2v) is 4.59. The maximum atomic E-state index is 9.59. The van der Waals surface area contributed by atoms with Gasteiger partial charge in [0, 0.05) is 13.2 Å². The lowest BCUT2D eigenvalue weighted by atomic mass is 10.1. The molecule has 0 bridgehead atoms. The Morgan fingerprint density at radius 1 is 1.19 bits per heavy atom. The van der Waals surface area contributed by atoms with E-state index >= 15 is 0 Å². The van der Waals surface area contributed by atoms with Gasteiger partial charge in [-0.3, -0.25) is 0 Å². The smallest absolute Gasteiger partial charge is 0.183 e. The predicted octanol–water partition coefficient (Wildman–Crippen LogP) is 2.86.